The molecule has 6 heteroatoms. The third-order valence-corrected chi connectivity index (χ3v) is 3.66. The molecule has 1 amide bonds. The smallest absolute Gasteiger partial charge is 0.277 e. The summed E-state index contributed by atoms with van der Waals surface area (Å²) in [4.78, 5) is 11.7. The quantitative estimate of drug-likeness (QED) is 0.666. The molecule has 2 aromatic carbocycles. The maximum Gasteiger partial charge on any atom is 0.277 e. The number of rotatable bonds is 5. The lowest BCUT2D eigenvalue weighted by Gasteiger charge is -2.07. The van der Waals surface area contributed by atoms with Crippen molar-refractivity contribution in [2.75, 3.05) is 6.61 Å². The van der Waals surface area contributed by atoms with Crippen LogP contribution >= 0.6 is 23.2 Å². The fraction of sp³-hybridized carbons (Fsp3) is 0.125. The molecule has 114 valence electrons. The van der Waals surface area contributed by atoms with E-state index in [1.165, 1.54) is 6.21 Å². The van der Waals surface area contributed by atoms with Gasteiger partial charge in [0, 0.05) is 5.56 Å². The molecule has 0 unspecified atom stereocenters. The zero-order valence-electron chi connectivity index (χ0n) is 11.8. The van der Waals surface area contributed by atoms with Gasteiger partial charge in [0.05, 0.1) is 16.3 Å². The van der Waals surface area contributed by atoms with Gasteiger partial charge in [-0.3, -0.25) is 4.79 Å². The zero-order chi connectivity index (χ0) is 15.9. The molecule has 0 aliphatic heterocycles. The van der Waals surface area contributed by atoms with Gasteiger partial charge in [-0.05, 0) is 24.6 Å². The Morgan fingerprint density at radius 3 is 2.77 bits per heavy atom. The van der Waals surface area contributed by atoms with Crippen molar-refractivity contribution in [3.63, 3.8) is 0 Å². The van der Waals surface area contributed by atoms with Gasteiger partial charge in [-0.1, -0.05) is 53.5 Å². The molecule has 0 radical (unpaired) electrons. The molecule has 2 aromatic rings. The van der Waals surface area contributed by atoms with Gasteiger partial charge in [0.25, 0.3) is 5.91 Å². The summed E-state index contributed by atoms with van der Waals surface area (Å²) in [7, 11) is 0. The summed E-state index contributed by atoms with van der Waals surface area (Å²) in [6.45, 7) is 1.79. The number of hydrogen-bond acceptors (Lipinski definition) is 3. The lowest BCUT2D eigenvalue weighted by Crippen LogP contribution is -2.24. The Morgan fingerprint density at radius 1 is 1.23 bits per heavy atom. The zero-order valence-corrected chi connectivity index (χ0v) is 13.4. The standard InChI is InChI=1S/C16H14Cl2N2O2/c1-11-5-2-3-8-14(11)22-10-15(21)20-19-9-12-6-4-7-13(17)16(12)18/h2-9H,10H2,1H3,(H,20,21). The first-order chi connectivity index (χ1) is 10.6. The first-order valence-corrected chi connectivity index (χ1v) is 7.28. The molecule has 0 fully saturated rings. The Balaban J connectivity index is 1.86. The number of nitrogens with one attached hydrogen (secondary N) is 1. The van der Waals surface area contributed by atoms with E-state index in [1.54, 1.807) is 24.3 Å². The number of para-hydroxylation sites is 1. The molecule has 0 atom stereocenters. The number of aryl methyl sites for hydroxylation is 1. The fourth-order valence-corrected chi connectivity index (χ4v) is 2.04. The van der Waals surface area contributed by atoms with E-state index in [4.69, 9.17) is 27.9 Å². The van der Waals surface area contributed by atoms with Crippen LogP contribution < -0.4 is 10.2 Å². The van der Waals surface area contributed by atoms with Crippen molar-refractivity contribution in [3.8, 4) is 5.75 Å². The number of hydrogen-bond donors (Lipinski definition) is 1. The van der Waals surface area contributed by atoms with Crippen LogP contribution in [0.3, 0.4) is 0 Å². The molecule has 4 nitrogen and oxygen atoms in total. The van der Waals surface area contributed by atoms with Crippen LogP contribution in [0.1, 0.15) is 11.1 Å². The van der Waals surface area contributed by atoms with E-state index < -0.39 is 0 Å². The molecule has 0 aliphatic rings. The number of ether oxygens (including phenoxy) is 1. The summed E-state index contributed by atoms with van der Waals surface area (Å²) >= 11 is 11.9. The van der Waals surface area contributed by atoms with Crippen LogP contribution in [0.5, 0.6) is 5.75 Å². The molecule has 0 saturated carbocycles. The van der Waals surface area contributed by atoms with Crippen LogP contribution in [0.25, 0.3) is 0 Å². The maximum atomic E-state index is 11.7. The van der Waals surface area contributed by atoms with Crippen molar-refractivity contribution in [3.05, 3.63) is 63.6 Å². The van der Waals surface area contributed by atoms with Crippen LogP contribution in [-0.4, -0.2) is 18.7 Å². The van der Waals surface area contributed by atoms with Gasteiger partial charge < -0.3 is 4.74 Å². The number of amides is 1. The summed E-state index contributed by atoms with van der Waals surface area (Å²) in [5, 5.41) is 4.65. The van der Waals surface area contributed by atoms with E-state index in [1.807, 2.05) is 25.1 Å². The van der Waals surface area contributed by atoms with Crippen LogP contribution in [0, 0.1) is 6.92 Å². The Hall–Kier alpha value is -2.04. The Kier molecular flexibility index (Phi) is 5.81. The number of carbonyl (C=O) groups excluding carboxylic acids is 1. The molecule has 2 rings (SSSR count). The Morgan fingerprint density at radius 2 is 2.00 bits per heavy atom. The number of carbonyl (C=O) groups is 1. The topological polar surface area (TPSA) is 50.7 Å². The normalized spacial score (nSPS) is 10.7. The van der Waals surface area contributed by atoms with Gasteiger partial charge in [0.15, 0.2) is 6.61 Å². The number of halogens is 2. The van der Waals surface area contributed by atoms with Crippen LogP contribution in [0.2, 0.25) is 10.0 Å². The highest BCUT2D eigenvalue weighted by Gasteiger charge is 2.04. The Bertz CT molecular complexity index is 702. The van der Waals surface area contributed by atoms with E-state index in [0.29, 0.717) is 21.4 Å². The number of hydrazone groups is 1. The minimum atomic E-state index is -0.363. The minimum absolute atomic E-state index is 0.120. The summed E-state index contributed by atoms with van der Waals surface area (Å²) < 4.78 is 5.41. The van der Waals surface area contributed by atoms with Crippen molar-refractivity contribution >= 4 is 35.3 Å². The molecular weight excluding hydrogens is 323 g/mol. The van der Waals surface area contributed by atoms with Crippen LogP contribution in [-0.2, 0) is 4.79 Å². The van der Waals surface area contributed by atoms with Gasteiger partial charge in [-0.25, -0.2) is 5.43 Å². The number of nitrogens with zero attached hydrogens (tertiary/aromatic N) is 1. The van der Waals surface area contributed by atoms with E-state index >= 15 is 0 Å². The maximum absolute atomic E-state index is 11.7. The minimum Gasteiger partial charge on any atom is -0.483 e. The second-order valence-electron chi connectivity index (χ2n) is 4.49. The van der Waals surface area contributed by atoms with E-state index in [2.05, 4.69) is 10.5 Å². The van der Waals surface area contributed by atoms with Gasteiger partial charge in [0.1, 0.15) is 5.75 Å². The predicted octanol–water partition coefficient (Wildman–Crippen LogP) is 3.83. The average Bonchev–Trinajstić information content (AvgIpc) is 2.51. The highest BCUT2D eigenvalue weighted by Crippen LogP contribution is 2.24. The summed E-state index contributed by atoms with van der Waals surface area (Å²) in [5.74, 6) is 0.303. The fourth-order valence-electron chi connectivity index (χ4n) is 1.69. The highest BCUT2D eigenvalue weighted by molar-refractivity contribution is 6.43. The lowest BCUT2D eigenvalue weighted by atomic mass is 10.2. The lowest BCUT2D eigenvalue weighted by molar-refractivity contribution is -0.123. The monoisotopic (exact) mass is 336 g/mol. The van der Waals surface area contributed by atoms with E-state index in [9.17, 15) is 4.79 Å². The largest absolute Gasteiger partial charge is 0.483 e. The average molecular weight is 337 g/mol. The molecule has 0 aliphatic carbocycles. The van der Waals surface area contributed by atoms with Crippen molar-refractivity contribution in [2.24, 2.45) is 5.10 Å². The third-order valence-electron chi connectivity index (χ3n) is 2.83. The van der Waals surface area contributed by atoms with E-state index in [-0.39, 0.29) is 12.5 Å². The molecular formula is C16H14Cl2N2O2. The molecule has 0 bridgehead atoms. The van der Waals surface area contributed by atoms with Crippen LogP contribution in [0.4, 0.5) is 0 Å². The van der Waals surface area contributed by atoms with Crippen molar-refractivity contribution in [2.45, 2.75) is 6.92 Å². The number of benzene rings is 2. The first kappa shape index (κ1) is 16.3. The van der Waals surface area contributed by atoms with Gasteiger partial charge in [-0.2, -0.15) is 5.10 Å². The van der Waals surface area contributed by atoms with Crippen molar-refractivity contribution in [1.29, 1.82) is 0 Å². The second kappa shape index (κ2) is 7.82. The van der Waals surface area contributed by atoms with E-state index in [0.717, 1.165) is 5.56 Å². The first-order valence-electron chi connectivity index (χ1n) is 6.52. The molecule has 0 heterocycles. The van der Waals surface area contributed by atoms with Gasteiger partial charge >= 0.3 is 0 Å². The predicted molar refractivity (Wildman–Crippen MR) is 88.9 cm³/mol. The second-order valence-corrected chi connectivity index (χ2v) is 5.28. The summed E-state index contributed by atoms with van der Waals surface area (Å²) in [6, 6.07) is 12.6. The van der Waals surface area contributed by atoms with Crippen molar-refractivity contribution in [1.82, 2.24) is 5.43 Å². The molecule has 0 spiro atoms. The third kappa shape index (κ3) is 4.48. The van der Waals surface area contributed by atoms with Crippen LogP contribution in [0.15, 0.2) is 47.6 Å². The van der Waals surface area contributed by atoms with Gasteiger partial charge in [-0.15, -0.1) is 0 Å². The highest BCUT2D eigenvalue weighted by atomic mass is 35.5. The Labute approximate surface area is 138 Å². The summed E-state index contributed by atoms with van der Waals surface area (Å²) in [6.07, 6.45) is 1.43. The molecule has 0 saturated heterocycles. The SMILES string of the molecule is Cc1ccccc1OCC(=O)NN=Cc1cccc(Cl)c1Cl. The molecule has 22 heavy (non-hydrogen) atoms. The summed E-state index contributed by atoms with van der Waals surface area (Å²) in [5.41, 5.74) is 3.95. The van der Waals surface area contributed by atoms with Gasteiger partial charge in [0.2, 0.25) is 0 Å². The molecule has 0 aromatic heterocycles. The van der Waals surface area contributed by atoms with Crippen molar-refractivity contribution < 1.29 is 9.53 Å². The molecule has 1 N–H and O–H groups in total.